The molecular formula is C23H24ClFN6O. The van der Waals surface area contributed by atoms with E-state index in [4.69, 9.17) is 17.3 Å². The molecule has 2 aromatic heterocycles. The number of benzene rings is 1. The van der Waals surface area contributed by atoms with Crippen molar-refractivity contribution in [2.45, 2.75) is 30.7 Å². The zero-order valence-electron chi connectivity index (χ0n) is 17.9. The standard InChI is InChI=1S/C23H24ClFN6O/c1-30(2)22(32)17-16(26)5-4-14(20(17)25)15-11-27-21-18(19(15)24)23(12-28-21)7-6-13(10-23)31-9-3-8-29-31/h3-5,8-9,11,13H,6-7,10,12,26H2,1-2H3,(H,27,28)/t13-,23-/m1/s1. The highest BCUT2D eigenvalue weighted by molar-refractivity contribution is 6.34. The fourth-order valence-electron chi connectivity index (χ4n) is 5.08. The van der Waals surface area contributed by atoms with Crippen molar-refractivity contribution >= 4 is 29.0 Å². The lowest BCUT2D eigenvalue weighted by molar-refractivity contribution is 0.0824. The third kappa shape index (κ3) is 3.04. The van der Waals surface area contributed by atoms with Gasteiger partial charge in [0.2, 0.25) is 0 Å². The van der Waals surface area contributed by atoms with Gasteiger partial charge >= 0.3 is 0 Å². The molecule has 1 spiro atoms. The summed E-state index contributed by atoms with van der Waals surface area (Å²) in [5.41, 5.74) is 7.27. The van der Waals surface area contributed by atoms with E-state index >= 15 is 4.39 Å². The molecule has 2 atom stereocenters. The Balaban J connectivity index is 1.60. The van der Waals surface area contributed by atoms with E-state index in [9.17, 15) is 4.79 Å². The number of pyridine rings is 1. The molecule has 0 saturated heterocycles. The monoisotopic (exact) mass is 454 g/mol. The van der Waals surface area contributed by atoms with E-state index in [1.165, 1.54) is 11.0 Å². The molecular weight excluding hydrogens is 431 g/mol. The molecule has 9 heteroatoms. The van der Waals surface area contributed by atoms with Gasteiger partial charge in [0.05, 0.1) is 16.6 Å². The molecule has 3 heterocycles. The number of carbonyl (C=O) groups is 1. The van der Waals surface area contributed by atoms with Crippen LogP contribution in [0.3, 0.4) is 0 Å². The van der Waals surface area contributed by atoms with E-state index in [0.29, 0.717) is 10.6 Å². The quantitative estimate of drug-likeness (QED) is 0.581. The number of fused-ring (bicyclic) bond motifs is 2. The summed E-state index contributed by atoms with van der Waals surface area (Å²) in [6.45, 7) is 0.727. The van der Waals surface area contributed by atoms with Crippen LogP contribution in [0.2, 0.25) is 5.02 Å². The zero-order valence-corrected chi connectivity index (χ0v) is 18.7. The van der Waals surface area contributed by atoms with Gasteiger partial charge in [0.25, 0.3) is 5.91 Å². The Morgan fingerprint density at radius 1 is 1.38 bits per heavy atom. The first-order valence-corrected chi connectivity index (χ1v) is 10.9. The number of hydrogen-bond donors (Lipinski definition) is 2. The molecule has 0 unspecified atom stereocenters. The Morgan fingerprint density at radius 3 is 2.91 bits per heavy atom. The third-order valence-electron chi connectivity index (χ3n) is 6.71. The van der Waals surface area contributed by atoms with Crippen LogP contribution >= 0.6 is 11.6 Å². The lowest BCUT2D eigenvalue weighted by Crippen LogP contribution is -2.26. The maximum Gasteiger partial charge on any atom is 0.258 e. The van der Waals surface area contributed by atoms with Crippen molar-refractivity contribution in [3.05, 3.63) is 58.8 Å². The smallest absolute Gasteiger partial charge is 0.258 e. The van der Waals surface area contributed by atoms with Crippen molar-refractivity contribution in [2.75, 3.05) is 31.7 Å². The Hall–Kier alpha value is -3.13. The third-order valence-corrected chi connectivity index (χ3v) is 7.10. The van der Waals surface area contributed by atoms with Gasteiger partial charge in [-0.15, -0.1) is 0 Å². The Kier molecular flexibility index (Phi) is 4.85. The summed E-state index contributed by atoms with van der Waals surface area (Å²) in [6, 6.07) is 5.29. The van der Waals surface area contributed by atoms with Crippen LogP contribution < -0.4 is 11.1 Å². The lowest BCUT2D eigenvalue weighted by atomic mass is 9.80. The summed E-state index contributed by atoms with van der Waals surface area (Å²) in [7, 11) is 3.12. The summed E-state index contributed by atoms with van der Waals surface area (Å²) in [5, 5.41) is 8.26. The summed E-state index contributed by atoms with van der Waals surface area (Å²) in [5.74, 6) is -0.448. The largest absolute Gasteiger partial charge is 0.398 e. The lowest BCUT2D eigenvalue weighted by Gasteiger charge is -2.25. The predicted molar refractivity (Wildman–Crippen MR) is 122 cm³/mol. The number of aromatic nitrogens is 3. The maximum absolute atomic E-state index is 15.5. The van der Waals surface area contributed by atoms with E-state index in [1.54, 1.807) is 32.6 Å². The minimum Gasteiger partial charge on any atom is -0.398 e. The topological polar surface area (TPSA) is 89.1 Å². The van der Waals surface area contributed by atoms with Crippen LogP contribution in [0.25, 0.3) is 11.1 Å². The van der Waals surface area contributed by atoms with E-state index in [-0.39, 0.29) is 28.3 Å². The fourth-order valence-corrected chi connectivity index (χ4v) is 5.52. The number of rotatable bonds is 3. The summed E-state index contributed by atoms with van der Waals surface area (Å²) >= 11 is 6.94. The molecule has 166 valence electrons. The number of anilines is 2. The molecule has 0 bridgehead atoms. The normalized spacial score (nSPS) is 21.6. The second kappa shape index (κ2) is 7.48. The molecule has 1 amide bonds. The number of nitrogens with zero attached hydrogens (tertiary/aromatic N) is 4. The van der Waals surface area contributed by atoms with E-state index < -0.39 is 11.7 Å². The molecule has 0 radical (unpaired) electrons. The van der Waals surface area contributed by atoms with E-state index in [0.717, 1.165) is 37.2 Å². The van der Waals surface area contributed by atoms with E-state index in [2.05, 4.69) is 15.4 Å². The number of halogens is 2. The van der Waals surface area contributed by atoms with Gasteiger partial charge < -0.3 is 16.0 Å². The van der Waals surface area contributed by atoms with Gasteiger partial charge in [-0.1, -0.05) is 11.6 Å². The van der Waals surface area contributed by atoms with Crippen molar-refractivity contribution in [3.63, 3.8) is 0 Å². The van der Waals surface area contributed by atoms with Gasteiger partial charge in [0.15, 0.2) is 0 Å². The second-order valence-electron chi connectivity index (χ2n) is 8.82. The minimum absolute atomic E-state index is 0.0891. The summed E-state index contributed by atoms with van der Waals surface area (Å²) in [4.78, 5) is 18.4. The van der Waals surface area contributed by atoms with Crippen molar-refractivity contribution < 1.29 is 9.18 Å². The van der Waals surface area contributed by atoms with Crippen LogP contribution in [0, 0.1) is 5.82 Å². The van der Waals surface area contributed by atoms with Crippen molar-refractivity contribution in [2.24, 2.45) is 0 Å². The van der Waals surface area contributed by atoms with Crippen LogP contribution in [0.4, 0.5) is 15.9 Å². The van der Waals surface area contributed by atoms with Crippen LogP contribution in [0.15, 0.2) is 36.8 Å². The number of amides is 1. The first-order chi connectivity index (χ1) is 15.3. The average Bonchev–Trinajstić information content (AvgIpc) is 3.50. The summed E-state index contributed by atoms with van der Waals surface area (Å²) < 4.78 is 17.5. The number of hydrogen-bond acceptors (Lipinski definition) is 5. The van der Waals surface area contributed by atoms with Crippen LogP contribution in [0.5, 0.6) is 0 Å². The molecule has 5 rings (SSSR count). The van der Waals surface area contributed by atoms with Crippen LogP contribution in [0.1, 0.15) is 41.2 Å². The second-order valence-corrected chi connectivity index (χ2v) is 9.19. The average molecular weight is 455 g/mol. The van der Waals surface area contributed by atoms with E-state index in [1.807, 2.05) is 16.9 Å². The Morgan fingerprint density at radius 2 is 2.19 bits per heavy atom. The van der Waals surface area contributed by atoms with Crippen molar-refractivity contribution in [1.82, 2.24) is 19.7 Å². The molecule has 7 nitrogen and oxygen atoms in total. The van der Waals surface area contributed by atoms with Gasteiger partial charge in [-0.25, -0.2) is 9.37 Å². The fraction of sp³-hybridized carbons (Fsp3) is 0.348. The molecule has 32 heavy (non-hydrogen) atoms. The molecule has 2 aliphatic rings. The van der Waals surface area contributed by atoms with Gasteiger partial charge in [-0.05, 0) is 37.5 Å². The van der Waals surface area contributed by atoms with Gasteiger partial charge in [-0.3, -0.25) is 9.48 Å². The highest BCUT2D eigenvalue weighted by Gasteiger charge is 2.48. The zero-order chi connectivity index (χ0) is 22.6. The van der Waals surface area contributed by atoms with Crippen LogP contribution in [-0.4, -0.2) is 46.2 Å². The van der Waals surface area contributed by atoms with Gasteiger partial charge in [-0.2, -0.15) is 5.10 Å². The highest BCUT2D eigenvalue weighted by Crippen LogP contribution is 2.54. The molecule has 3 aromatic rings. The number of nitrogens with one attached hydrogen (secondary N) is 1. The first-order valence-electron chi connectivity index (χ1n) is 10.5. The minimum atomic E-state index is -0.687. The molecule has 1 aliphatic heterocycles. The number of carbonyl (C=O) groups excluding carboxylic acids is 1. The van der Waals surface area contributed by atoms with Gasteiger partial charge in [0, 0.05) is 67.0 Å². The maximum atomic E-state index is 15.5. The molecule has 1 fully saturated rings. The number of nitrogens with two attached hydrogens (primary N) is 1. The Bertz CT molecular complexity index is 1210. The Labute approximate surface area is 190 Å². The molecule has 1 aromatic carbocycles. The van der Waals surface area contributed by atoms with Gasteiger partial charge in [0.1, 0.15) is 11.6 Å². The van der Waals surface area contributed by atoms with Crippen molar-refractivity contribution in [3.8, 4) is 11.1 Å². The van der Waals surface area contributed by atoms with Crippen LogP contribution in [-0.2, 0) is 5.41 Å². The first kappa shape index (κ1) is 20.8. The molecule has 1 aliphatic carbocycles. The molecule has 1 saturated carbocycles. The highest BCUT2D eigenvalue weighted by atomic mass is 35.5. The SMILES string of the molecule is CN(C)C(=O)c1c(N)ccc(-c2cnc3c(c2Cl)[C@@]2(CC[C@@H](n4cccn4)C2)CN3)c1F. The molecule has 3 N–H and O–H groups in total. The predicted octanol–water partition coefficient (Wildman–Crippen LogP) is 4.11. The number of nitrogen functional groups attached to an aromatic ring is 1. The van der Waals surface area contributed by atoms with Crippen molar-refractivity contribution in [1.29, 1.82) is 0 Å². The summed E-state index contributed by atoms with van der Waals surface area (Å²) in [6.07, 6.45) is 8.10.